The lowest BCUT2D eigenvalue weighted by Crippen LogP contribution is -2.51. The average Bonchev–Trinajstić information content (AvgIpc) is 2.53. The van der Waals surface area contributed by atoms with Crippen molar-refractivity contribution in [2.24, 2.45) is 0 Å². The molecule has 2 aliphatic rings. The Morgan fingerprint density at radius 3 is 3.05 bits per heavy atom. The number of hydrogen-bond acceptors (Lipinski definition) is 3. The summed E-state index contributed by atoms with van der Waals surface area (Å²) in [6.07, 6.45) is 4.03. The van der Waals surface area contributed by atoms with E-state index in [0.717, 1.165) is 44.3 Å². The van der Waals surface area contributed by atoms with E-state index in [4.69, 9.17) is 0 Å². The number of nitrogens with zero attached hydrogens (tertiary/aromatic N) is 1. The quantitative estimate of drug-likeness (QED) is 0.853. The van der Waals surface area contributed by atoms with Crippen molar-refractivity contribution in [1.82, 2.24) is 10.2 Å². The standard InChI is InChI=1S/C16H22N2O2/c19-11-13-6-3-4-10-18(13)16(20)15-14-7-2-1-5-12(14)8-9-17-15/h1-2,5,7,13,15,17,19H,3-4,6,8-11H2. The molecule has 2 heterocycles. The van der Waals surface area contributed by atoms with E-state index in [1.807, 2.05) is 23.1 Å². The molecular formula is C16H22N2O2. The van der Waals surface area contributed by atoms with Gasteiger partial charge in [0.15, 0.2) is 0 Å². The molecule has 20 heavy (non-hydrogen) atoms. The Balaban J connectivity index is 1.84. The molecule has 0 aromatic heterocycles. The van der Waals surface area contributed by atoms with Crippen LogP contribution in [0.1, 0.15) is 36.4 Å². The first-order valence-corrected chi connectivity index (χ1v) is 7.54. The minimum absolute atomic E-state index is 0.00728. The second kappa shape index (κ2) is 5.94. The summed E-state index contributed by atoms with van der Waals surface area (Å²) < 4.78 is 0. The third kappa shape index (κ3) is 2.45. The molecular weight excluding hydrogens is 252 g/mol. The first kappa shape index (κ1) is 13.6. The lowest BCUT2D eigenvalue weighted by atomic mass is 9.92. The number of carbonyl (C=O) groups is 1. The number of piperidine rings is 1. The Morgan fingerprint density at radius 2 is 2.20 bits per heavy atom. The minimum Gasteiger partial charge on any atom is -0.394 e. The number of carbonyl (C=O) groups excluding carboxylic acids is 1. The monoisotopic (exact) mass is 274 g/mol. The fraction of sp³-hybridized carbons (Fsp3) is 0.562. The Bertz CT molecular complexity index is 489. The lowest BCUT2D eigenvalue weighted by Gasteiger charge is -2.38. The van der Waals surface area contributed by atoms with Gasteiger partial charge in [0.25, 0.3) is 0 Å². The van der Waals surface area contributed by atoms with Gasteiger partial charge in [0.1, 0.15) is 6.04 Å². The van der Waals surface area contributed by atoms with Crippen LogP contribution < -0.4 is 5.32 Å². The van der Waals surface area contributed by atoms with Crippen molar-refractivity contribution in [2.45, 2.75) is 37.8 Å². The predicted molar refractivity (Wildman–Crippen MR) is 77.3 cm³/mol. The van der Waals surface area contributed by atoms with Crippen LogP contribution in [0.2, 0.25) is 0 Å². The van der Waals surface area contributed by atoms with Crippen molar-refractivity contribution < 1.29 is 9.90 Å². The topological polar surface area (TPSA) is 52.6 Å². The van der Waals surface area contributed by atoms with Crippen molar-refractivity contribution in [2.75, 3.05) is 19.7 Å². The molecule has 2 unspecified atom stereocenters. The zero-order valence-electron chi connectivity index (χ0n) is 11.7. The van der Waals surface area contributed by atoms with Gasteiger partial charge >= 0.3 is 0 Å². The molecule has 0 radical (unpaired) electrons. The van der Waals surface area contributed by atoms with Gasteiger partial charge in [-0.25, -0.2) is 0 Å². The number of amides is 1. The SMILES string of the molecule is O=C(C1NCCc2ccccc21)N1CCCCC1CO. The summed E-state index contributed by atoms with van der Waals surface area (Å²) in [5, 5.41) is 12.8. The van der Waals surface area contributed by atoms with Gasteiger partial charge in [-0.15, -0.1) is 0 Å². The number of aliphatic hydroxyl groups is 1. The van der Waals surface area contributed by atoms with Crippen LogP contribution in [0.15, 0.2) is 24.3 Å². The Morgan fingerprint density at radius 1 is 1.35 bits per heavy atom. The molecule has 1 fully saturated rings. The van der Waals surface area contributed by atoms with Gasteiger partial charge < -0.3 is 15.3 Å². The van der Waals surface area contributed by atoms with Gasteiger partial charge in [0, 0.05) is 13.1 Å². The maximum atomic E-state index is 12.8. The van der Waals surface area contributed by atoms with Gasteiger partial charge in [-0.3, -0.25) is 4.79 Å². The lowest BCUT2D eigenvalue weighted by molar-refractivity contribution is -0.138. The van der Waals surface area contributed by atoms with E-state index in [1.54, 1.807) is 0 Å². The maximum Gasteiger partial charge on any atom is 0.244 e. The smallest absolute Gasteiger partial charge is 0.244 e. The van der Waals surface area contributed by atoms with Crippen molar-refractivity contribution in [1.29, 1.82) is 0 Å². The molecule has 0 spiro atoms. The molecule has 4 nitrogen and oxygen atoms in total. The normalized spacial score (nSPS) is 26.1. The van der Waals surface area contributed by atoms with Crippen LogP contribution in [-0.2, 0) is 11.2 Å². The van der Waals surface area contributed by atoms with Gasteiger partial charge in [-0.2, -0.15) is 0 Å². The molecule has 2 N–H and O–H groups in total. The first-order chi connectivity index (χ1) is 9.81. The number of nitrogens with one attached hydrogen (secondary N) is 1. The Labute approximate surface area is 119 Å². The number of hydrogen-bond donors (Lipinski definition) is 2. The van der Waals surface area contributed by atoms with Crippen LogP contribution in [0.3, 0.4) is 0 Å². The minimum atomic E-state index is -0.243. The molecule has 1 saturated heterocycles. The summed E-state index contributed by atoms with van der Waals surface area (Å²) in [6, 6.07) is 7.92. The highest BCUT2D eigenvalue weighted by Crippen LogP contribution is 2.27. The van der Waals surface area contributed by atoms with E-state index in [2.05, 4.69) is 11.4 Å². The fourth-order valence-corrected chi connectivity index (χ4v) is 3.37. The highest BCUT2D eigenvalue weighted by molar-refractivity contribution is 5.84. The van der Waals surface area contributed by atoms with Gasteiger partial charge in [-0.05, 0) is 36.8 Å². The number of rotatable bonds is 2. The third-order valence-electron chi connectivity index (χ3n) is 4.48. The van der Waals surface area contributed by atoms with E-state index in [-0.39, 0.29) is 24.6 Å². The number of likely N-dealkylation sites (tertiary alicyclic amines) is 1. The molecule has 1 amide bonds. The highest BCUT2D eigenvalue weighted by Gasteiger charge is 2.33. The second-order valence-electron chi connectivity index (χ2n) is 5.70. The summed E-state index contributed by atoms with van der Waals surface area (Å²) in [5.74, 6) is 0.121. The molecule has 0 bridgehead atoms. The molecule has 1 aromatic rings. The highest BCUT2D eigenvalue weighted by atomic mass is 16.3. The van der Waals surface area contributed by atoms with Crippen molar-refractivity contribution in [3.8, 4) is 0 Å². The van der Waals surface area contributed by atoms with Crippen molar-refractivity contribution in [3.05, 3.63) is 35.4 Å². The summed E-state index contributed by atoms with van der Waals surface area (Å²) >= 11 is 0. The van der Waals surface area contributed by atoms with Crippen molar-refractivity contribution in [3.63, 3.8) is 0 Å². The van der Waals surface area contributed by atoms with Gasteiger partial charge in [-0.1, -0.05) is 24.3 Å². The molecule has 0 saturated carbocycles. The summed E-state index contributed by atoms with van der Waals surface area (Å²) in [4.78, 5) is 14.7. The molecule has 2 aliphatic heterocycles. The summed E-state index contributed by atoms with van der Waals surface area (Å²) in [7, 11) is 0. The average molecular weight is 274 g/mol. The second-order valence-corrected chi connectivity index (χ2v) is 5.70. The predicted octanol–water partition coefficient (Wildman–Crippen LogP) is 1.25. The molecule has 108 valence electrons. The van der Waals surface area contributed by atoms with Crippen LogP contribution in [0.5, 0.6) is 0 Å². The molecule has 4 heteroatoms. The van der Waals surface area contributed by atoms with E-state index < -0.39 is 0 Å². The first-order valence-electron chi connectivity index (χ1n) is 7.54. The van der Waals surface area contributed by atoms with E-state index in [0.29, 0.717) is 0 Å². The van der Waals surface area contributed by atoms with E-state index >= 15 is 0 Å². The van der Waals surface area contributed by atoms with Crippen LogP contribution in [0.4, 0.5) is 0 Å². The summed E-state index contributed by atoms with van der Waals surface area (Å²) in [6.45, 7) is 1.68. The number of fused-ring (bicyclic) bond motifs is 1. The van der Waals surface area contributed by atoms with Crippen LogP contribution in [0, 0.1) is 0 Å². The van der Waals surface area contributed by atoms with Gasteiger partial charge in [0.2, 0.25) is 5.91 Å². The Kier molecular flexibility index (Phi) is 4.03. The van der Waals surface area contributed by atoms with Crippen LogP contribution >= 0.6 is 0 Å². The zero-order valence-corrected chi connectivity index (χ0v) is 11.7. The Hall–Kier alpha value is -1.39. The molecule has 0 aliphatic carbocycles. The summed E-state index contributed by atoms with van der Waals surface area (Å²) in [5.41, 5.74) is 2.37. The molecule has 1 aromatic carbocycles. The van der Waals surface area contributed by atoms with Gasteiger partial charge in [0.05, 0.1) is 12.6 Å². The number of aliphatic hydroxyl groups excluding tert-OH is 1. The fourth-order valence-electron chi connectivity index (χ4n) is 3.37. The van der Waals surface area contributed by atoms with E-state index in [9.17, 15) is 9.90 Å². The van der Waals surface area contributed by atoms with Crippen LogP contribution in [0.25, 0.3) is 0 Å². The maximum absolute atomic E-state index is 12.8. The molecule has 2 atom stereocenters. The third-order valence-corrected chi connectivity index (χ3v) is 4.48. The number of benzene rings is 1. The van der Waals surface area contributed by atoms with E-state index in [1.165, 1.54) is 5.56 Å². The van der Waals surface area contributed by atoms with Crippen molar-refractivity contribution >= 4 is 5.91 Å². The molecule has 3 rings (SSSR count). The zero-order chi connectivity index (χ0) is 13.9. The largest absolute Gasteiger partial charge is 0.394 e. The van der Waals surface area contributed by atoms with Crippen LogP contribution in [-0.4, -0.2) is 41.7 Å².